The summed E-state index contributed by atoms with van der Waals surface area (Å²) in [4.78, 5) is 19.4. The van der Waals surface area contributed by atoms with Crippen molar-refractivity contribution in [1.29, 1.82) is 0 Å². The molecule has 2 heterocycles. The Morgan fingerprint density at radius 3 is 2.73 bits per heavy atom. The first-order valence-corrected chi connectivity index (χ1v) is 9.11. The van der Waals surface area contributed by atoms with Crippen molar-refractivity contribution in [3.05, 3.63) is 77.1 Å². The van der Waals surface area contributed by atoms with E-state index in [9.17, 15) is 10.1 Å². The fourth-order valence-corrected chi connectivity index (χ4v) is 3.22. The van der Waals surface area contributed by atoms with E-state index in [4.69, 9.17) is 0 Å². The molecule has 0 spiro atoms. The van der Waals surface area contributed by atoms with E-state index in [0.29, 0.717) is 5.16 Å². The molecule has 0 radical (unpaired) electrons. The van der Waals surface area contributed by atoms with Crippen molar-refractivity contribution in [3.63, 3.8) is 0 Å². The van der Waals surface area contributed by atoms with Crippen molar-refractivity contribution in [3.8, 4) is 16.9 Å². The number of hydrogen-bond acceptors (Lipinski definition) is 5. The van der Waals surface area contributed by atoms with E-state index < -0.39 is 0 Å². The van der Waals surface area contributed by atoms with Crippen molar-refractivity contribution in [2.24, 2.45) is 0 Å². The molecule has 0 unspecified atom stereocenters. The van der Waals surface area contributed by atoms with Crippen LogP contribution >= 0.6 is 11.8 Å². The zero-order valence-electron chi connectivity index (χ0n) is 13.9. The summed E-state index contributed by atoms with van der Waals surface area (Å²) < 4.78 is 2.00. The van der Waals surface area contributed by atoms with E-state index in [2.05, 4.69) is 9.97 Å². The van der Waals surface area contributed by atoms with Crippen LogP contribution in [0.1, 0.15) is 0 Å². The molecule has 128 valence electrons. The third-order valence-corrected chi connectivity index (χ3v) is 4.69. The number of non-ortho nitro benzene ring substituents is 1. The van der Waals surface area contributed by atoms with Gasteiger partial charge in [0, 0.05) is 29.9 Å². The molecule has 0 fully saturated rings. The summed E-state index contributed by atoms with van der Waals surface area (Å²) in [7, 11) is 0. The predicted octanol–water partition coefficient (Wildman–Crippen LogP) is 4.72. The Hall–Kier alpha value is -3.19. The summed E-state index contributed by atoms with van der Waals surface area (Å²) in [5.41, 5.74) is 2.79. The molecular formula is C19H14N4O2S. The van der Waals surface area contributed by atoms with Gasteiger partial charge in [0.2, 0.25) is 0 Å². The van der Waals surface area contributed by atoms with Crippen LogP contribution in [0.25, 0.3) is 27.8 Å². The van der Waals surface area contributed by atoms with Gasteiger partial charge in [-0.15, -0.1) is 0 Å². The van der Waals surface area contributed by atoms with Crippen LogP contribution in [0.2, 0.25) is 0 Å². The van der Waals surface area contributed by atoms with Crippen LogP contribution in [0, 0.1) is 10.1 Å². The molecule has 4 rings (SSSR count). The lowest BCUT2D eigenvalue weighted by molar-refractivity contribution is -0.384. The maximum absolute atomic E-state index is 11.0. The third kappa shape index (κ3) is 2.93. The molecule has 6 nitrogen and oxygen atoms in total. The number of hydrogen-bond donors (Lipinski definition) is 0. The fourth-order valence-electron chi connectivity index (χ4n) is 2.87. The quantitative estimate of drug-likeness (QED) is 0.227. The SMILES string of the molecule is CSc1nccc(-n2ccc3ccc(-c4cccc([N+](=O)[O-])c4)cc32)n1. The summed E-state index contributed by atoms with van der Waals surface area (Å²) in [5.74, 6) is 0.788. The lowest BCUT2D eigenvalue weighted by atomic mass is 10.0. The number of nitro groups is 1. The second-order valence-corrected chi connectivity index (χ2v) is 6.44. The van der Waals surface area contributed by atoms with Crippen LogP contribution in [0.5, 0.6) is 0 Å². The average molecular weight is 362 g/mol. The number of fused-ring (bicyclic) bond motifs is 1. The Kier molecular flexibility index (Phi) is 4.14. The summed E-state index contributed by atoms with van der Waals surface area (Å²) >= 11 is 1.49. The van der Waals surface area contributed by atoms with Gasteiger partial charge in [-0.25, -0.2) is 9.97 Å². The van der Waals surface area contributed by atoms with Gasteiger partial charge in [-0.05, 0) is 35.6 Å². The summed E-state index contributed by atoms with van der Waals surface area (Å²) in [6, 6.07) is 16.5. The van der Waals surface area contributed by atoms with E-state index >= 15 is 0 Å². The highest BCUT2D eigenvalue weighted by atomic mass is 32.2. The molecule has 2 aromatic carbocycles. The minimum absolute atomic E-state index is 0.0818. The molecule has 0 saturated heterocycles. The first kappa shape index (κ1) is 16.3. The van der Waals surface area contributed by atoms with Gasteiger partial charge >= 0.3 is 0 Å². The van der Waals surface area contributed by atoms with Gasteiger partial charge in [-0.2, -0.15) is 0 Å². The van der Waals surface area contributed by atoms with Gasteiger partial charge in [0.1, 0.15) is 5.82 Å². The van der Waals surface area contributed by atoms with Crippen molar-refractivity contribution in [2.75, 3.05) is 6.26 Å². The summed E-state index contributed by atoms with van der Waals surface area (Å²) in [5, 5.41) is 12.8. The first-order valence-electron chi connectivity index (χ1n) is 7.89. The molecule has 0 aliphatic rings. The van der Waals surface area contributed by atoms with Crippen molar-refractivity contribution in [2.45, 2.75) is 5.16 Å². The lowest BCUT2D eigenvalue weighted by Crippen LogP contribution is -1.98. The van der Waals surface area contributed by atoms with Crippen LogP contribution in [0.4, 0.5) is 5.69 Å². The van der Waals surface area contributed by atoms with Crippen LogP contribution in [0.15, 0.2) is 72.1 Å². The zero-order chi connectivity index (χ0) is 18.1. The molecule has 4 aromatic rings. The average Bonchev–Trinajstić information content (AvgIpc) is 3.11. The van der Waals surface area contributed by atoms with Gasteiger partial charge in [-0.3, -0.25) is 10.1 Å². The Balaban J connectivity index is 1.84. The number of aromatic nitrogens is 3. The molecule has 0 bridgehead atoms. The molecule has 0 aliphatic heterocycles. The van der Waals surface area contributed by atoms with Crippen molar-refractivity contribution in [1.82, 2.24) is 14.5 Å². The molecule has 26 heavy (non-hydrogen) atoms. The normalized spacial score (nSPS) is 11.0. The molecule has 7 heteroatoms. The smallest absolute Gasteiger partial charge is 0.270 e. The van der Waals surface area contributed by atoms with Gasteiger partial charge in [0.25, 0.3) is 5.69 Å². The van der Waals surface area contributed by atoms with Gasteiger partial charge in [0.15, 0.2) is 5.16 Å². The van der Waals surface area contributed by atoms with Crippen LogP contribution in [0.3, 0.4) is 0 Å². The summed E-state index contributed by atoms with van der Waals surface area (Å²) in [6.45, 7) is 0. The van der Waals surface area contributed by atoms with Gasteiger partial charge in [0.05, 0.1) is 10.4 Å². The van der Waals surface area contributed by atoms with E-state index in [1.165, 1.54) is 17.8 Å². The highest BCUT2D eigenvalue weighted by Gasteiger charge is 2.10. The number of nitrogens with zero attached hydrogens (tertiary/aromatic N) is 4. The maximum Gasteiger partial charge on any atom is 0.270 e. The highest BCUT2D eigenvalue weighted by Crippen LogP contribution is 2.29. The van der Waals surface area contributed by atoms with E-state index in [1.54, 1.807) is 18.3 Å². The Bertz CT molecular complexity index is 1120. The minimum Gasteiger partial charge on any atom is -0.301 e. The van der Waals surface area contributed by atoms with Gasteiger partial charge in [-0.1, -0.05) is 36.0 Å². The topological polar surface area (TPSA) is 73.8 Å². The molecule has 0 amide bonds. The van der Waals surface area contributed by atoms with E-state index in [1.807, 2.05) is 53.4 Å². The highest BCUT2D eigenvalue weighted by molar-refractivity contribution is 7.98. The Morgan fingerprint density at radius 1 is 1.08 bits per heavy atom. The van der Waals surface area contributed by atoms with Crippen molar-refractivity contribution >= 4 is 28.4 Å². The number of benzene rings is 2. The zero-order valence-corrected chi connectivity index (χ0v) is 14.7. The molecule has 0 aliphatic carbocycles. The minimum atomic E-state index is -0.379. The van der Waals surface area contributed by atoms with Crippen LogP contribution < -0.4 is 0 Å². The van der Waals surface area contributed by atoms with E-state index in [0.717, 1.165) is 27.8 Å². The molecule has 0 atom stereocenters. The van der Waals surface area contributed by atoms with Crippen LogP contribution in [-0.4, -0.2) is 25.7 Å². The van der Waals surface area contributed by atoms with Gasteiger partial charge < -0.3 is 4.57 Å². The Morgan fingerprint density at radius 2 is 1.92 bits per heavy atom. The fraction of sp³-hybridized carbons (Fsp3) is 0.0526. The maximum atomic E-state index is 11.0. The monoisotopic (exact) mass is 362 g/mol. The van der Waals surface area contributed by atoms with Crippen molar-refractivity contribution < 1.29 is 4.92 Å². The summed E-state index contributed by atoms with van der Waals surface area (Å²) in [6.07, 6.45) is 5.64. The number of nitro benzene ring substituents is 1. The third-order valence-electron chi connectivity index (χ3n) is 4.13. The largest absolute Gasteiger partial charge is 0.301 e. The molecule has 0 saturated carbocycles. The lowest BCUT2D eigenvalue weighted by Gasteiger charge is -2.07. The molecule has 0 N–H and O–H groups in total. The second-order valence-electron chi connectivity index (χ2n) is 5.67. The van der Waals surface area contributed by atoms with Crippen LogP contribution in [-0.2, 0) is 0 Å². The predicted molar refractivity (Wildman–Crippen MR) is 103 cm³/mol. The second kappa shape index (κ2) is 6.61. The Labute approximate surface area is 153 Å². The first-order chi connectivity index (χ1) is 12.7. The van der Waals surface area contributed by atoms with E-state index in [-0.39, 0.29) is 10.6 Å². The standard InChI is InChI=1S/C19H14N4O2S/c1-26-19-20-9-7-18(21-19)22-10-8-13-5-6-15(12-17(13)22)14-3-2-4-16(11-14)23(24)25/h2-12H,1H3. The number of thioether (sulfide) groups is 1. The molecule has 2 aromatic heterocycles. The number of rotatable bonds is 4. The molecular weight excluding hydrogens is 348 g/mol.